The number of halogens is 1. The molecule has 3 aromatic rings. The molecule has 146 valence electrons. The summed E-state index contributed by atoms with van der Waals surface area (Å²) in [6, 6.07) is 14.2. The van der Waals surface area contributed by atoms with Crippen LogP contribution in [0.25, 0.3) is 10.9 Å². The molecule has 1 fully saturated rings. The number of aromatic nitrogens is 1. The zero-order valence-corrected chi connectivity index (χ0v) is 17.0. The first-order valence-corrected chi connectivity index (χ1v) is 10.2. The number of aromatic amines is 1. The molecule has 2 unspecified atom stereocenters. The molecule has 0 spiro atoms. The molecule has 2 aromatic carbocycles. The van der Waals surface area contributed by atoms with Gasteiger partial charge in [0.1, 0.15) is 5.75 Å². The molecule has 1 saturated heterocycles. The van der Waals surface area contributed by atoms with E-state index in [0.29, 0.717) is 13.0 Å². The fourth-order valence-corrected chi connectivity index (χ4v) is 5.60. The van der Waals surface area contributed by atoms with E-state index in [1.54, 1.807) is 7.11 Å². The molecule has 0 radical (unpaired) electrons. The highest BCUT2D eigenvalue weighted by Crippen LogP contribution is 2.51. The fourth-order valence-electron chi connectivity index (χ4n) is 5.43. The number of nitrogens with one attached hydrogen (secondary N) is 1. The fraction of sp³-hybridized carbons (Fsp3) is 0.391. The lowest BCUT2D eigenvalue weighted by atomic mass is 9.56. The summed E-state index contributed by atoms with van der Waals surface area (Å²) in [6.45, 7) is 1.61. The Labute approximate surface area is 170 Å². The number of benzene rings is 2. The van der Waals surface area contributed by atoms with Gasteiger partial charge < -0.3 is 19.7 Å². The van der Waals surface area contributed by atoms with Crippen LogP contribution in [0, 0.1) is 0 Å². The first-order chi connectivity index (χ1) is 13.4. The van der Waals surface area contributed by atoms with Crippen molar-refractivity contribution in [2.45, 2.75) is 30.3 Å². The van der Waals surface area contributed by atoms with E-state index in [0.717, 1.165) is 46.6 Å². The van der Waals surface area contributed by atoms with Gasteiger partial charge >= 0.3 is 0 Å². The second-order valence-electron chi connectivity index (χ2n) is 8.46. The molecule has 28 heavy (non-hydrogen) atoms. The summed E-state index contributed by atoms with van der Waals surface area (Å²) in [5, 5.41) is 14.0. The van der Waals surface area contributed by atoms with Crippen LogP contribution in [0.1, 0.15) is 23.2 Å². The molecule has 0 bridgehead atoms. The Bertz CT molecular complexity index is 1060. The van der Waals surface area contributed by atoms with E-state index < -0.39 is 5.60 Å². The summed E-state index contributed by atoms with van der Waals surface area (Å²) >= 11 is 6.27. The summed E-state index contributed by atoms with van der Waals surface area (Å²) in [4.78, 5) is 5.85. The molecule has 2 aliphatic rings. The Morgan fingerprint density at radius 1 is 1.18 bits per heavy atom. The molecule has 2 N–H and O–H groups in total. The molecule has 1 aliphatic carbocycles. The Balaban J connectivity index is 1.72. The molecule has 4 nitrogen and oxygen atoms in total. The minimum Gasteiger partial charge on any atom is -0.497 e. The average Bonchev–Trinajstić information content (AvgIpc) is 3.01. The van der Waals surface area contributed by atoms with Crippen LogP contribution in [0.4, 0.5) is 0 Å². The van der Waals surface area contributed by atoms with Gasteiger partial charge in [-0.15, -0.1) is 0 Å². The number of hydrogen-bond donors (Lipinski definition) is 2. The van der Waals surface area contributed by atoms with Crippen LogP contribution in [0.15, 0.2) is 42.5 Å². The van der Waals surface area contributed by atoms with Crippen molar-refractivity contribution in [2.24, 2.45) is 0 Å². The highest BCUT2D eigenvalue weighted by Gasteiger charge is 2.57. The van der Waals surface area contributed by atoms with Crippen LogP contribution in [-0.4, -0.2) is 47.8 Å². The third-order valence-corrected chi connectivity index (χ3v) is 7.10. The quantitative estimate of drug-likeness (QED) is 0.690. The number of likely N-dealkylation sites (tertiary alicyclic amines) is 1. The molecular weight excluding hydrogens is 372 g/mol. The van der Waals surface area contributed by atoms with Crippen LogP contribution in [0.5, 0.6) is 5.75 Å². The van der Waals surface area contributed by atoms with Gasteiger partial charge in [0.2, 0.25) is 0 Å². The standard InChI is InChI=1S/C23H25ClN2O2/c1-26-9-8-22(15-4-3-5-17(10-15)28-2)13-21-19(12-23(22,27)14-26)18-11-16(24)6-7-20(18)25-21/h3-7,10-11,25,27H,8-9,12-14H2,1-2H3. The van der Waals surface area contributed by atoms with Gasteiger partial charge in [0.25, 0.3) is 0 Å². The number of aliphatic hydroxyl groups is 1. The number of rotatable bonds is 2. The van der Waals surface area contributed by atoms with Crippen molar-refractivity contribution < 1.29 is 9.84 Å². The maximum absolute atomic E-state index is 12.1. The van der Waals surface area contributed by atoms with Gasteiger partial charge in [-0.1, -0.05) is 23.7 Å². The van der Waals surface area contributed by atoms with Gasteiger partial charge in [-0.05, 0) is 61.5 Å². The van der Waals surface area contributed by atoms with Gasteiger partial charge in [-0.2, -0.15) is 0 Å². The number of likely N-dealkylation sites (N-methyl/N-ethyl adjacent to an activating group) is 1. The third-order valence-electron chi connectivity index (χ3n) is 6.87. The summed E-state index contributed by atoms with van der Waals surface area (Å²) in [7, 11) is 3.78. The molecule has 1 aliphatic heterocycles. The van der Waals surface area contributed by atoms with Gasteiger partial charge in [-0.3, -0.25) is 0 Å². The minimum atomic E-state index is -0.850. The molecule has 2 heterocycles. The number of piperidine rings is 1. The Morgan fingerprint density at radius 3 is 2.86 bits per heavy atom. The number of methoxy groups -OCH3 is 1. The Kier molecular flexibility index (Phi) is 4.02. The zero-order chi connectivity index (χ0) is 19.5. The summed E-state index contributed by atoms with van der Waals surface area (Å²) in [5.74, 6) is 0.836. The summed E-state index contributed by atoms with van der Waals surface area (Å²) < 4.78 is 5.49. The van der Waals surface area contributed by atoms with E-state index in [9.17, 15) is 5.11 Å². The number of fused-ring (bicyclic) bond motifs is 4. The summed E-state index contributed by atoms with van der Waals surface area (Å²) in [6.07, 6.45) is 2.30. The van der Waals surface area contributed by atoms with Crippen LogP contribution in [0.3, 0.4) is 0 Å². The average molecular weight is 397 g/mol. The normalized spacial score (nSPS) is 27.4. The Morgan fingerprint density at radius 2 is 2.04 bits per heavy atom. The van der Waals surface area contributed by atoms with Gasteiger partial charge in [-0.25, -0.2) is 0 Å². The van der Waals surface area contributed by atoms with Gasteiger partial charge in [0.15, 0.2) is 0 Å². The van der Waals surface area contributed by atoms with Crippen molar-refractivity contribution in [3.8, 4) is 5.75 Å². The molecule has 0 saturated carbocycles. The number of β-amino-alcohol motifs (C(OH)–C–C–N with tert-alkyl or cyclic N) is 1. The maximum atomic E-state index is 12.1. The maximum Gasteiger partial charge on any atom is 0.119 e. The Hall–Kier alpha value is -2.01. The molecule has 5 heteroatoms. The lowest BCUT2D eigenvalue weighted by Gasteiger charge is -2.56. The second-order valence-corrected chi connectivity index (χ2v) is 8.90. The monoisotopic (exact) mass is 396 g/mol. The van der Waals surface area contributed by atoms with E-state index in [1.807, 2.05) is 30.3 Å². The number of hydrogen-bond acceptors (Lipinski definition) is 3. The van der Waals surface area contributed by atoms with Gasteiger partial charge in [0, 0.05) is 46.4 Å². The minimum absolute atomic E-state index is 0.342. The van der Waals surface area contributed by atoms with E-state index in [1.165, 1.54) is 11.3 Å². The predicted molar refractivity (Wildman–Crippen MR) is 112 cm³/mol. The van der Waals surface area contributed by atoms with E-state index in [2.05, 4.69) is 29.1 Å². The molecule has 1 aromatic heterocycles. The van der Waals surface area contributed by atoms with Crippen LogP contribution in [0.2, 0.25) is 5.02 Å². The highest BCUT2D eigenvalue weighted by molar-refractivity contribution is 6.31. The van der Waals surface area contributed by atoms with E-state index >= 15 is 0 Å². The topological polar surface area (TPSA) is 48.5 Å². The molecular formula is C23H25ClN2O2. The van der Waals surface area contributed by atoms with Crippen molar-refractivity contribution >= 4 is 22.5 Å². The molecule has 0 amide bonds. The first kappa shape index (κ1) is 18.0. The van der Waals surface area contributed by atoms with Crippen LogP contribution >= 0.6 is 11.6 Å². The highest BCUT2D eigenvalue weighted by atomic mass is 35.5. The van der Waals surface area contributed by atoms with E-state index in [4.69, 9.17) is 16.3 Å². The van der Waals surface area contributed by atoms with Gasteiger partial charge in [0.05, 0.1) is 12.7 Å². The molecule has 5 rings (SSSR count). The van der Waals surface area contributed by atoms with Crippen LogP contribution < -0.4 is 4.74 Å². The second kappa shape index (κ2) is 6.24. The zero-order valence-electron chi connectivity index (χ0n) is 16.3. The van der Waals surface area contributed by atoms with Crippen molar-refractivity contribution in [3.05, 3.63) is 64.3 Å². The third kappa shape index (κ3) is 2.52. The largest absolute Gasteiger partial charge is 0.497 e. The van der Waals surface area contributed by atoms with Crippen LogP contribution in [-0.2, 0) is 18.3 Å². The van der Waals surface area contributed by atoms with E-state index in [-0.39, 0.29) is 5.41 Å². The van der Waals surface area contributed by atoms with Crippen molar-refractivity contribution in [1.82, 2.24) is 9.88 Å². The van der Waals surface area contributed by atoms with Crippen molar-refractivity contribution in [3.63, 3.8) is 0 Å². The van der Waals surface area contributed by atoms with Crippen molar-refractivity contribution in [2.75, 3.05) is 27.2 Å². The molecule has 2 atom stereocenters. The number of ether oxygens (including phenoxy) is 1. The lowest BCUT2D eigenvalue weighted by molar-refractivity contribution is -0.0972. The number of H-pyrrole nitrogens is 1. The SMILES string of the molecule is COc1cccc(C23CCN(C)CC2(O)Cc2c([nH]c4ccc(Cl)cc24)C3)c1. The summed E-state index contributed by atoms with van der Waals surface area (Å²) in [5.41, 5.74) is 3.47. The smallest absolute Gasteiger partial charge is 0.119 e. The lowest BCUT2D eigenvalue weighted by Crippen LogP contribution is -2.65. The number of nitrogens with zero attached hydrogens (tertiary/aromatic N) is 1. The van der Waals surface area contributed by atoms with Crippen molar-refractivity contribution in [1.29, 1.82) is 0 Å². The first-order valence-electron chi connectivity index (χ1n) is 9.79. The predicted octanol–water partition coefficient (Wildman–Crippen LogP) is 3.93.